The van der Waals surface area contributed by atoms with Gasteiger partial charge < -0.3 is 4.90 Å². The molecule has 154 valence electrons. The third kappa shape index (κ3) is 4.57. The van der Waals surface area contributed by atoms with Crippen molar-refractivity contribution < 1.29 is 18.0 Å². The summed E-state index contributed by atoms with van der Waals surface area (Å²) in [5, 5.41) is 0. The van der Waals surface area contributed by atoms with Crippen molar-refractivity contribution in [2.24, 2.45) is 0 Å². The highest BCUT2D eigenvalue weighted by Crippen LogP contribution is 2.20. The summed E-state index contributed by atoms with van der Waals surface area (Å²) in [5.41, 5.74) is 2.27. The Morgan fingerprint density at radius 3 is 1.83 bits per heavy atom. The number of carbonyl (C=O) groups excluding carboxylic acids is 2. The molecule has 0 radical (unpaired) electrons. The molecule has 6 nitrogen and oxygen atoms in total. The number of nitrogens with zero attached hydrogens (tertiary/aromatic N) is 2. The third-order valence-electron chi connectivity index (χ3n) is 5.25. The van der Waals surface area contributed by atoms with Crippen LogP contribution in [0.1, 0.15) is 53.0 Å². The van der Waals surface area contributed by atoms with Crippen LogP contribution in [0.5, 0.6) is 0 Å². The highest BCUT2D eigenvalue weighted by Gasteiger charge is 2.30. The minimum absolute atomic E-state index is 0.0804. The van der Waals surface area contributed by atoms with E-state index in [2.05, 4.69) is 13.8 Å². The molecule has 0 aromatic heterocycles. The zero-order valence-corrected chi connectivity index (χ0v) is 17.8. The second-order valence-electron chi connectivity index (χ2n) is 7.55. The molecular formula is C22H26N2O4S. The number of hydrogen-bond acceptors (Lipinski definition) is 4. The number of carbonyl (C=O) groups is 2. The van der Waals surface area contributed by atoms with Crippen molar-refractivity contribution in [2.45, 2.75) is 31.6 Å². The molecule has 0 aliphatic carbocycles. The van der Waals surface area contributed by atoms with Crippen molar-refractivity contribution in [3.8, 4) is 0 Å². The van der Waals surface area contributed by atoms with Crippen LogP contribution in [0.4, 0.5) is 0 Å². The van der Waals surface area contributed by atoms with Crippen LogP contribution in [0.3, 0.4) is 0 Å². The maximum absolute atomic E-state index is 12.9. The van der Waals surface area contributed by atoms with Crippen LogP contribution in [0.2, 0.25) is 0 Å². The van der Waals surface area contributed by atoms with E-state index < -0.39 is 10.0 Å². The monoisotopic (exact) mass is 414 g/mol. The van der Waals surface area contributed by atoms with E-state index in [1.165, 1.54) is 41.1 Å². The molecule has 1 aliphatic heterocycles. The number of ketones is 1. The van der Waals surface area contributed by atoms with Gasteiger partial charge in [-0.05, 0) is 42.7 Å². The molecule has 0 bridgehead atoms. The number of hydrogen-bond donors (Lipinski definition) is 0. The quantitative estimate of drug-likeness (QED) is 0.705. The van der Waals surface area contributed by atoms with E-state index in [1.54, 1.807) is 4.90 Å². The highest BCUT2D eigenvalue weighted by molar-refractivity contribution is 7.89. The van der Waals surface area contributed by atoms with Gasteiger partial charge >= 0.3 is 0 Å². The maximum Gasteiger partial charge on any atom is 0.253 e. The molecule has 1 heterocycles. The minimum atomic E-state index is -3.65. The van der Waals surface area contributed by atoms with Gasteiger partial charge in [0.2, 0.25) is 10.0 Å². The Balaban J connectivity index is 1.66. The Morgan fingerprint density at radius 1 is 0.828 bits per heavy atom. The van der Waals surface area contributed by atoms with Crippen LogP contribution < -0.4 is 0 Å². The van der Waals surface area contributed by atoms with E-state index in [0.29, 0.717) is 30.1 Å². The van der Waals surface area contributed by atoms with Crippen LogP contribution in [0.15, 0.2) is 53.4 Å². The first-order valence-electron chi connectivity index (χ1n) is 9.70. The summed E-state index contributed by atoms with van der Waals surface area (Å²) in [7, 11) is -3.65. The Kier molecular flexibility index (Phi) is 6.19. The molecule has 2 aromatic carbocycles. The van der Waals surface area contributed by atoms with E-state index >= 15 is 0 Å². The first-order valence-corrected chi connectivity index (χ1v) is 11.1. The predicted octanol–water partition coefficient (Wildman–Crippen LogP) is 3.16. The largest absolute Gasteiger partial charge is 0.336 e. The second kappa shape index (κ2) is 8.47. The van der Waals surface area contributed by atoms with Gasteiger partial charge in [-0.2, -0.15) is 4.31 Å². The van der Waals surface area contributed by atoms with Gasteiger partial charge in [-0.3, -0.25) is 9.59 Å². The number of benzene rings is 2. The molecular weight excluding hydrogens is 388 g/mol. The van der Waals surface area contributed by atoms with E-state index in [0.717, 1.165) is 0 Å². The van der Waals surface area contributed by atoms with Crippen LogP contribution in [0.25, 0.3) is 0 Å². The average Bonchev–Trinajstić information content (AvgIpc) is 2.73. The SMILES string of the molecule is CC(=O)c1ccc(S(=O)(=O)N2CCN(C(=O)c3ccc(C(C)C)cc3)CC2)cc1. The van der Waals surface area contributed by atoms with Crippen LogP contribution in [-0.2, 0) is 10.0 Å². The van der Waals surface area contributed by atoms with Crippen molar-refractivity contribution in [1.29, 1.82) is 0 Å². The van der Waals surface area contributed by atoms with E-state index in [-0.39, 0.29) is 29.7 Å². The Hall–Kier alpha value is -2.51. The van der Waals surface area contributed by atoms with Gasteiger partial charge in [-0.25, -0.2) is 8.42 Å². The molecule has 0 spiro atoms. The topological polar surface area (TPSA) is 74.8 Å². The zero-order valence-electron chi connectivity index (χ0n) is 17.0. The molecule has 1 aliphatic rings. The molecule has 0 unspecified atom stereocenters. The standard InChI is InChI=1S/C22H26N2O4S/c1-16(2)18-4-6-20(7-5-18)22(26)23-12-14-24(15-13-23)29(27,28)21-10-8-19(9-11-21)17(3)25/h4-11,16H,12-15H2,1-3H3. The van der Waals surface area contributed by atoms with Crippen molar-refractivity contribution >= 4 is 21.7 Å². The van der Waals surface area contributed by atoms with Crippen molar-refractivity contribution in [1.82, 2.24) is 9.21 Å². The molecule has 7 heteroatoms. The smallest absolute Gasteiger partial charge is 0.253 e. The lowest BCUT2D eigenvalue weighted by atomic mass is 10.0. The molecule has 29 heavy (non-hydrogen) atoms. The lowest BCUT2D eigenvalue weighted by molar-refractivity contribution is 0.0697. The number of Topliss-reactive ketones (excluding diaryl/α,β-unsaturated/α-hetero) is 1. The minimum Gasteiger partial charge on any atom is -0.336 e. The van der Waals surface area contributed by atoms with Gasteiger partial charge in [0.25, 0.3) is 5.91 Å². The fourth-order valence-electron chi connectivity index (χ4n) is 3.34. The van der Waals surface area contributed by atoms with Crippen LogP contribution >= 0.6 is 0 Å². The normalized spacial score (nSPS) is 15.5. The van der Waals surface area contributed by atoms with Gasteiger partial charge in [0.1, 0.15) is 0 Å². The predicted molar refractivity (Wildman–Crippen MR) is 112 cm³/mol. The van der Waals surface area contributed by atoms with Crippen molar-refractivity contribution in [3.05, 3.63) is 65.2 Å². The molecule has 3 rings (SSSR count). The fraction of sp³-hybridized carbons (Fsp3) is 0.364. The molecule has 1 amide bonds. The van der Waals surface area contributed by atoms with Gasteiger partial charge in [-0.1, -0.05) is 38.1 Å². The van der Waals surface area contributed by atoms with E-state index in [9.17, 15) is 18.0 Å². The lowest BCUT2D eigenvalue weighted by Gasteiger charge is -2.34. The van der Waals surface area contributed by atoms with Crippen LogP contribution in [0, 0.1) is 0 Å². The Bertz CT molecular complexity index is 988. The number of rotatable bonds is 5. The first-order chi connectivity index (χ1) is 13.7. The lowest BCUT2D eigenvalue weighted by Crippen LogP contribution is -2.50. The summed E-state index contributed by atoms with van der Waals surface area (Å²) in [6, 6.07) is 13.5. The van der Waals surface area contributed by atoms with E-state index in [1.807, 2.05) is 24.3 Å². The first kappa shape index (κ1) is 21.2. The zero-order chi connectivity index (χ0) is 21.2. The molecule has 1 fully saturated rings. The molecule has 2 aromatic rings. The van der Waals surface area contributed by atoms with Gasteiger partial charge in [-0.15, -0.1) is 0 Å². The molecule has 0 N–H and O–H groups in total. The molecule has 0 atom stereocenters. The summed E-state index contributed by atoms with van der Waals surface area (Å²) in [6.45, 7) is 6.81. The summed E-state index contributed by atoms with van der Waals surface area (Å²) in [4.78, 5) is 26.0. The van der Waals surface area contributed by atoms with Crippen molar-refractivity contribution in [3.63, 3.8) is 0 Å². The van der Waals surface area contributed by atoms with Gasteiger partial charge in [0, 0.05) is 37.3 Å². The third-order valence-corrected chi connectivity index (χ3v) is 7.16. The molecule has 0 saturated carbocycles. The fourth-order valence-corrected chi connectivity index (χ4v) is 4.76. The average molecular weight is 415 g/mol. The highest BCUT2D eigenvalue weighted by atomic mass is 32.2. The van der Waals surface area contributed by atoms with Gasteiger partial charge in [0.15, 0.2) is 5.78 Å². The summed E-state index contributed by atoms with van der Waals surface area (Å²) < 4.78 is 27.1. The summed E-state index contributed by atoms with van der Waals surface area (Å²) in [6.07, 6.45) is 0. The van der Waals surface area contributed by atoms with Crippen molar-refractivity contribution in [2.75, 3.05) is 26.2 Å². The number of piperazine rings is 1. The number of sulfonamides is 1. The van der Waals surface area contributed by atoms with Gasteiger partial charge in [0.05, 0.1) is 4.90 Å². The van der Waals surface area contributed by atoms with E-state index in [4.69, 9.17) is 0 Å². The summed E-state index contributed by atoms with van der Waals surface area (Å²) in [5.74, 6) is 0.211. The number of amides is 1. The summed E-state index contributed by atoms with van der Waals surface area (Å²) >= 11 is 0. The maximum atomic E-state index is 12.9. The molecule has 1 saturated heterocycles. The van der Waals surface area contributed by atoms with Crippen LogP contribution in [-0.4, -0.2) is 55.5 Å². The Labute approximate surface area is 172 Å². The Morgan fingerprint density at radius 2 is 1.34 bits per heavy atom. The second-order valence-corrected chi connectivity index (χ2v) is 9.49.